The number of halogens is 1. The number of hydrogen-bond donors (Lipinski definition) is 0. The highest BCUT2D eigenvalue weighted by Crippen LogP contribution is 2.29. The summed E-state index contributed by atoms with van der Waals surface area (Å²) in [5, 5.41) is 1.07. The standard InChI is InChI=1S/C10H19BrO/c1-10(2,8-11)7-9-5-3-4-6-12-9/h9H,3-8H2,1-2H3. The maximum Gasteiger partial charge on any atom is 0.0580 e. The molecule has 72 valence electrons. The van der Waals surface area contributed by atoms with Gasteiger partial charge < -0.3 is 4.74 Å². The van der Waals surface area contributed by atoms with E-state index in [0.717, 1.165) is 11.9 Å². The van der Waals surface area contributed by atoms with Gasteiger partial charge in [-0.15, -0.1) is 0 Å². The quantitative estimate of drug-likeness (QED) is 0.681. The summed E-state index contributed by atoms with van der Waals surface area (Å²) in [7, 11) is 0. The normalized spacial score (nSPS) is 25.8. The summed E-state index contributed by atoms with van der Waals surface area (Å²) in [6.45, 7) is 5.56. The Morgan fingerprint density at radius 3 is 2.67 bits per heavy atom. The lowest BCUT2D eigenvalue weighted by Gasteiger charge is -2.30. The summed E-state index contributed by atoms with van der Waals surface area (Å²) in [6, 6.07) is 0. The fraction of sp³-hybridized carbons (Fsp3) is 1.00. The largest absolute Gasteiger partial charge is 0.378 e. The summed E-state index contributed by atoms with van der Waals surface area (Å²) in [5.41, 5.74) is 0.391. The SMILES string of the molecule is CC(C)(CBr)CC1CCCCO1. The van der Waals surface area contributed by atoms with Gasteiger partial charge >= 0.3 is 0 Å². The van der Waals surface area contributed by atoms with E-state index in [1.165, 1.54) is 25.7 Å². The zero-order valence-electron chi connectivity index (χ0n) is 8.11. The van der Waals surface area contributed by atoms with E-state index < -0.39 is 0 Å². The minimum absolute atomic E-state index is 0.391. The van der Waals surface area contributed by atoms with E-state index >= 15 is 0 Å². The van der Waals surface area contributed by atoms with Crippen molar-refractivity contribution in [3.8, 4) is 0 Å². The molecule has 0 aromatic rings. The van der Waals surface area contributed by atoms with E-state index in [2.05, 4.69) is 29.8 Å². The first-order chi connectivity index (χ1) is 5.64. The van der Waals surface area contributed by atoms with Crippen LogP contribution in [0.4, 0.5) is 0 Å². The third kappa shape index (κ3) is 3.44. The zero-order valence-corrected chi connectivity index (χ0v) is 9.69. The van der Waals surface area contributed by atoms with Crippen LogP contribution in [0.5, 0.6) is 0 Å². The molecule has 12 heavy (non-hydrogen) atoms. The van der Waals surface area contributed by atoms with Crippen LogP contribution in [0.25, 0.3) is 0 Å². The van der Waals surface area contributed by atoms with Crippen LogP contribution in [0.15, 0.2) is 0 Å². The minimum atomic E-state index is 0.391. The van der Waals surface area contributed by atoms with Gasteiger partial charge in [-0.25, -0.2) is 0 Å². The van der Waals surface area contributed by atoms with E-state index in [-0.39, 0.29) is 0 Å². The Labute approximate surface area is 84.0 Å². The lowest BCUT2D eigenvalue weighted by molar-refractivity contribution is -0.00618. The van der Waals surface area contributed by atoms with E-state index in [0.29, 0.717) is 11.5 Å². The van der Waals surface area contributed by atoms with Crippen LogP contribution < -0.4 is 0 Å². The Kier molecular flexibility index (Phi) is 4.04. The van der Waals surface area contributed by atoms with Gasteiger partial charge in [0.2, 0.25) is 0 Å². The highest BCUT2D eigenvalue weighted by atomic mass is 79.9. The van der Waals surface area contributed by atoms with Crippen molar-refractivity contribution in [1.82, 2.24) is 0 Å². The van der Waals surface area contributed by atoms with E-state index in [1.807, 2.05) is 0 Å². The third-order valence-electron chi connectivity index (χ3n) is 2.42. The monoisotopic (exact) mass is 234 g/mol. The summed E-state index contributed by atoms with van der Waals surface area (Å²) in [5.74, 6) is 0. The molecule has 0 bridgehead atoms. The summed E-state index contributed by atoms with van der Waals surface area (Å²) < 4.78 is 5.69. The van der Waals surface area contributed by atoms with Crippen LogP contribution in [0.1, 0.15) is 39.5 Å². The minimum Gasteiger partial charge on any atom is -0.378 e. The highest BCUT2D eigenvalue weighted by Gasteiger charge is 2.24. The zero-order chi connectivity index (χ0) is 9.03. The van der Waals surface area contributed by atoms with Gasteiger partial charge in [0.05, 0.1) is 6.10 Å². The third-order valence-corrected chi connectivity index (χ3v) is 3.93. The Morgan fingerprint density at radius 2 is 2.17 bits per heavy atom. The van der Waals surface area contributed by atoms with Gasteiger partial charge in [0.15, 0.2) is 0 Å². The molecule has 1 rings (SSSR count). The lowest BCUT2D eigenvalue weighted by Crippen LogP contribution is -2.27. The van der Waals surface area contributed by atoms with Gasteiger partial charge in [0.1, 0.15) is 0 Å². The van der Waals surface area contributed by atoms with Crippen LogP contribution in [0, 0.1) is 5.41 Å². The molecule has 0 aromatic heterocycles. The van der Waals surface area contributed by atoms with Crippen molar-refractivity contribution in [3.63, 3.8) is 0 Å². The summed E-state index contributed by atoms with van der Waals surface area (Å²) in [4.78, 5) is 0. The Hall–Kier alpha value is 0.440. The second-order valence-corrected chi connectivity index (χ2v) is 5.05. The van der Waals surface area contributed by atoms with Gasteiger partial charge in [-0.05, 0) is 31.1 Å². The molecule has 1 aliphatic heterocycles. The molecular weight excluding hydrogens is 216 g/mol. The van der Waals surface area contributed by atoms with Crippen LogP contribution in [0.2, 0.25) is 0 Å². The molecule has 1 heterocycles. The Balaban J connectivity index is 2.28. The first-order valence-electron chi connectivity index (χ1n) is 4.82. The molecule has 1 atom stereocenters. The van der Waals surface area contributed by atoms with E-state index in [1.54, 1.807) is 0 Å². The second kappa shape index (κ2) is 4.61. The molecule has 1 unspecified atom stereocenters. The molecule has 0 aliphatic carbocycles. The maximum atomic E-state index is 5.69. The first-order valence-corrected chi connectivity index (χ1v) is 5.94. The van der Waals surface area contributed by atoms with Crippen molar-refractivity contribution in [2.75, 3.05) is 11.9 Å². The molecular formula is C10H19BrO. The first kappa shape index (κ1) is 10.5. The smallest absolute Gasteiger partial charge is 0.0580 e. The molecule has 0 radical (unpaired) electrons. The van der Waals surface area contributed by atoms with Crippen molar-refractivity contribution < 1.29 is 4.74 Å². The van der Waals surface area contributed by atoms with Crippen LogP contribution >= 0.6 is 15.9 Å². The molecule has 1 aliphatic rings. The summed E-state index contributed by atoms with van der Waals surface area (Å²) in [6.07, 6.45) is 5.58. The van der Waals surface area contributed by atoms with Crippen molar-refractivity contribution in [2.45, 2.75) is 45.6 Å². The van der Waals surface area contributed by atoms with Crippen molar-refractivity contribution >= 4 is 15.9 Å². The van der Waals surface area contributed by atoms with Gasteiger partial charge in [0.25, 0.3) is 0 Å². The fourth-order valence-electron chi connectivity index (χ4n) is 1.64. The van der Waals surface area contributed by atoms with Gasteiger partial charge in [-0.2, -0.15) is 0 Å². The average molecular weight is 235 g/mol. The van der Waals surface area contributed by atoms with Gasteiger partial charge in [0, 0.05) is 11.9 Å². The topological polar surface area (TPSA) is 9.23 Å². The van der Waals surface area contributed by atoms with E-state index in [9.17, 15) is 0 Å². The molecule has 0 N–H and O–H groups in total. The van der Waals surface area contributed by atoms with Crippen molar-refractivity contribution in [1.29, 1.82) is 0 Å². The fourth-order valence-corrected chi connectivity index (χ4v) is 1.87. The van der Waals surface area contributed by atoms with Crippen LogP contribution in [-0.4, -0.2) is 18.0 Å². The summed E-state index contributed by atoms with van der Waals surface area (Å²) >= 11 is 3.54. The Bertz CT molecular complexity index is 128. The molecule has 0 spiro atoms. The average Bonchev–Trinajstić information content (AvgIpc) is 2.06. The Morgan fingerprint density at radius 1 is 1.42 bits per heavy atom. The van der Waals surface area contributed by atoms with Crippen LogP contribution in [0.3, 0.4) is 0 Å². The predicted molar refractivity (Wildman–Crippen MR) is 55.8 cm³/mol. The number of hydrogen-bond acceptors (Lipinski definition) is 1. The van der Waals surface area contributed by atoms with Crippen molar-refractivity contribution in [3.05, 3.63) is 0 Å². The molecule has 0 amide bonds. The van der Waals surface area contributed by atoms with Gasteiger partial charge in [-0.1, -0.05) is 29.8 Å². The predicted octanol–water partition coefficient (Wildman–Crippen LogP) is 3.37. The molecule has 0 aromatic carbocycles. The maximum absolute atomic E-state index is 5.69. The number of rotatable bonds is 3. The molecule has 2 heteroatoms. The van der Waals surface area contributed by atoms with E-state index in [4.69, 9.17) is 4.74 Å². The molecule has 1 saturated heterocycles. The molecule has 0 saturated carbocycles. The number of alkyl halides is 1. The van der Waals surface area contributed by atoms with Crippen molar-refractivity contribution in [2.24, 2.45) is 5.41 Å². The second-order valence-electron chi connectivity index (χ2n) is 4.49. The molecule has 1 nitrogen and oxygen atoms in total. The van der Waals surface area contributed by atoms with Gasteiger partial charge in [-0.3, -0.25) is 0 Å². The lowest BCUT2D eigenvalue weighted by atomic mass is 9.87. The number of ether oxygens (including phenoxy) is 1. The molecule has 1 fully saturated rings. The van der Waals surface area contributed by atoms with Crippen LogP contribution in [-0.2, 0) is 4.74 Å². The highest BCUT2D eigenvalue weighted by molar-refractivity contribution is 9.09.